The molecule has 0 bridgehead atoms. The average Bonchev–Trinajstić information content (AvgIpc) is 3.31. The molecule has 8 nitrogen and oxygen atoms in total. The monoisotopic (exact) mass is 341 g/mol. The molecule has 25 heavy (non-hydrogen) atoms. The minimum Gasteiger partial charge on any atom is -0.467 e. The van der Waals surface area contributed by atoms with E-state index in [1.807, 2.05) is 29.7 Å². The van der Waals surface area contributed by atoms with E-state index in [2.05, 4.69) is 9.88 Å². The predicted octanol–water partition coefficient (Wildman–Crippen LogP) is 1.09. The van der Waals surface area contributed by atoms with Crippen molar-refractivity contribution in [1.82, 2.24) is 18.7 Å². The lowest BCUT2D eigenvalue weighted by atomic mass is 10.4. The van der Waals surface area contributed by atoms with Crippen LogP contribution in [0.1, 0.15) is 12.7 Å². The normalized spacial score (nSPS) is 14.1. The highest BCUT2D eigenvalue weighted by Crippen LogP contribution is 2.26. The van der Waals surface area contributed by atoms with Gasteiger partial charge in [-0.1, -0.05) is 12.2 Å². The van der Waals surface area contributed by atoms with E-state index >= 15 is 0 Å². The lowest BCUT2D eigenvalue weighted by molar-refractivity contribution is 0.504. The summed E-state index contributed by atoms with van der Waals surface area (Å²) in [6, 6.07) is 3.75. The third kappa shape index (κ3) is 2.33. The number of rotatable bonds is 4. The van der Waals surface area contributed by atoms with Crippen LogP contribution < -0.4 is 16.1 Å². The molecule has 3 aromatic heterocycles. The number of aromatic nitrogens is 4. The number of imidazole rings is 1. The van der Waals surface area contributed by atoms with Gasteiger partial charge in [0, 0.05) is 26.7 Å². The van der Waals surface area contributed by atoms with Gasteiger partial charge >= 0.3 is 5.69 Å². The average molecular weight is 341 g/mol. The molecule has 8 heteroatoms. The first-order valence-corrected chi connectivity index (χ1v) is 8.20. The number of hydrogen-bond donors (Lipinski definition) is 0. The van der Waals surface area contributed by atoms with Gasteiger partial charge in [-0.05, 0) is 19.1 Å². The van der Waals surface area contributed by atoms with E-state index in [-0.39, 0.29) is 17.8 Å². The van der Waals surface area contributed by atoms with E-state index in [9.17, 15) is 9.59 Å². The first kappa shape index (κ1) is 15.5. The fourth-order valence-electron chi connectivity index (χ4n) is 3.25. The van der Waals surface area contributed by atoms with Crippen molar-refractivity contribution in [3.8, 4) is 0 Å². The van der Waals surface area contributed by atoms with Crippen molar-refractivity contribution in [1.29, 1.82) is 0 Å². The van der Waals surface area contributed by atoms with Gasteiger partial charge in [-0.25, -0.2) is 4.79 Å². The standard InChI is InChI=1S/C17H19N5O3/c1-3-4-7-22-15(23)13-14(19(2)17(22)24)18-16-20(8-9-21(13)16)11-12-6-5-10-25-12/h3-6,10H,7-9,11H2,1-2H3/b4-3+. The number of anilines is 1. The molecular formula is C17H19N5O3. The molecule has 0 amide bonds. The molecule has 0 radical (unpaired) electrons. The van der Waals surface area contributed by atoms with Crippen LogP contribution in [0.5, 0.6) is 0 Å². The smallest absolute Gasteiger partial charge is 0.332 e. The topological polar surface area (TPSA) is 78.2 Å². The summed E-state index contributed by atoms with van der Waals surface area (Å²) in [5.74, 6) is 1.53. The third-order valence-corrected chi connectivity index (χ3v) is 4.54. The van der Waals surface area contributed by atoms with E-state index in [4.69, 9.17) is 4.42 Å². The zero-order valence-electron chi connectivity index (χ0n) is 14.2. The van der Waals surface area contributed by atoms with Crippen LogP contribution in [0.25, 0.3) is 11.2 Å². The van der Waals surface area contributed by atoms with E-state index in [1.54, 1.807) is 19.4 Å². The van der Waals surface area contributed by atoms with Gasteiger partial charge in [-0.2, -0.15) is 4.98 Å². The van der Waals surface area contributed by atoms with Crippen LogP contribution in [-0.4, -0.2) is 25.2 Å². The van der Waals surface area contributed by atoms with Crippen LogP contribution in [0.4, 0.5) is 5.95 Å². The van der Waals surface area contributed by atoms with Crippen LogP contribution >= 0.6 is 0 Å². The summed E-state index contributed by atoms with van der Waals surface area (Å²) < 4.78 is 9.99. The molecule has 1 aliphatic heterocycles. The van der Waals surface area contributed by atoms with Crippen LogP contribution in [0, 0.1) is 0 Å². The Hall–Kier alpha value is -3.03. The van der Waals surface area contributed by atoms with E-state index in [0.29, 0.717) is 30.2 Å². The molecule has 0 N–H and O–H groups in total. The van der Waals surface area contributed by atoms with Crippen molar-refractivity contribution in [2.75, 3.05) is 11.4 Å². The summed E-state index contributed by atoms with van der Waals surface area (Å²) in [4.78, 5) is 32.0. The summed E-state index contributed by atoms with van der Waals surface area (Å²) in [5.41, 5.74) is 0.245. The van der Waals surface area contributed by atoms with Crippen LogP contribution in [0.3, 0.4) is 0 Å². The third-order valence-electron chi connectivity index (χ3n) is 4.54. The second-order valence-electron chi connectivity index (χ2n) is 6.06. The summed E-state index contributed by atoms with van der Waals surface area (Å²) in [6.45, 7) is 4.10. The Labute approximate surface area is 143 Å². The molecule has 0 aliphatic carbocycles. The summed E-state index contributed by atoms with van der Waals surface area (Å²) >= 11 is 0. The molecule has 130 valence electrons. The molecule has 3 aromatic rings. The van der Waals surface area contributed by atoms with Gasteiger partial charge in [0.15, 0.2) is 11.2 Å². The van der Waals surface area contributed by atoms with Gasteiger partial charge in [0.25, 0.3) is 5.56 Å². The Morgan fingerprint density at radius 1 is 1.32 bits per heavy atom. The SMILES string of the molecule is C/C=C/Cn1c(=O)c2c(nc3n2CCN3Cc2ccco2)n(C)c1=O. The van der Waals surface area contributed by atoms with Crippen molar-refractivity contribution in [3.63, 3.8) is 0 Å². The highest BCUT2D eigenvalue weighted by atomic mass is 16.3. The largest absolute Gasteiger partial charge is 0.467 e. The lowest BCUT2D eigenvalue weighted by Crippen LogP contribution is -2.39. The zero-order chi connectivity index (χ0) is 17.6. The molecule has 0 atom stereocenters. The molecule has 0 fully saturated rings. The molecule has 0 unspecified atom stereocenters. The Morgan fingerprint density at radius 2 is 2.16 bits per heavy atom. The van der Waals surface area contributed by atoms with Crippen molar-refractivity contribution in [2.24, 2.45) is 7.05 Å². The Bertz CT molecular complexity index is 1070. The number of furan rings is 1. The second kappa shape index (κ2) is 5.80. The number of nitrogens with zero attached hydrogens (tertiary/aromatic N) is 5. The highest BCUT2D eigenvalue weighted by molar-refractivity contribution is 5.75. The van der Waals surface area contributed by atoms with E-state index in [0.717, 1.165) is 12.3 Å². The number of aryl methyl sites for hydroxylation is 1. The van der Waals surface area contributed by atoms with Gasteiger partial charge < -0.3 is 13.9 Å². The Balaban J connectivity index is 1.87. The van der Waals surface area contributed by atoms with Crippen LogP contribution in [0.15, 0.2) is 44.6 Å². The van der Waals surface area contributed by atoms with Gasteiger partial charge in [-0.3, -0.25) is 13.9 Å². The molecule has 0 aromatic carbocycles. The van der Waals surface area contributed by atoms with Crippen LogP contribution in [-0.2, 0) is 26.7 Å². The molecule has 4 rings (SSSR count). The van der Waals surface area contributed by atoms with Crippen molar-refractivity contribution in [2.45, 2.75) is 26.6 Å². The van der Waals surface area contributed by atoms with E-state index < -0.39 is 0 Å². The van der Waals surface area contributed by atoms with Gasteiger partial charge in [0.05, 0.1) is 12.8 Å². The van der Waals surface area contributed by atoms with Crippen molar-refractivity contribution in [3.05, 3.63) is 57.1 Å². The summed E-state index contributed by atoms with van der Waals surface area (Å²) in [6.07, 6.45) is 5.25. The predicted molar refractivity (Wildman–Crippen MR) is 93.8 cm³/mol. The van der Waals surface area contributed by atoms with Crippen molar-refractivity contribution >= 4 is 17.1 Å². The van der Waals surface area contributed by atoms with Crippen LogP contribution in [0.2, 0.25) is 0 Å². The molecule has 4 heterocycles. The maximum Gasteiger partial charge on any atom is 0.332 e. The summed E-state index contributed by atoms with van der Waals surface area (Å²) in [7, 11) is 1.65. The second-order valence-corrected chi connectivity index (χ2v) is 6.06. The van der Waals surface area contributed by atoms with E-state index in [1.165, 1.54) is 9.13 Å². The van der Waals surface area contributed by atoms with Crippen molar-refractivity contribution < 1.29 is 4.42 Å². The lowest BCUT2D eigenvalue weighted by Gasteiger charge is -2.13. The maximum absolute atomic E-state index is 12.9. The van der Waals surface area contributed by atoms with Gasteiger partial charge in [-0.15, -0.1) is 0 Å². The molecule has 1 aliphatic rings. The minimum atomic E-state index is -0.357. The molecule has 0 spiro atoms. The van der Waals surface area contributed by atoms with Gasteiger partial charge in [0.2, 0.25) is 5.95 Å². The quantitative estimate of drug-likeness (QED) is 0.664. The fourth-order valence-corrected chi connectivity index (χ4v) is 3.25. The number of hydrogen-bond acceptors (Lipinski definition) is 5. The summed E-state index contributed by atoms with van der Waals surface area (Å²) in [5, 5.41) is 0. The molecule has 0 saturated heterocycles. The molecule has 0 saturated carbocycles. The maximum atomic E-state index is 12.9. The number of allylic oxidation sites excluding steroid dienone is 2. The Morgan fingerprint density at radius 3 is 2.88 bits per heavy atom. The fraction of sp³-hybridized carbons (Fsp3) is 0.353. The minimum absolute atomic E-state index is 0.259. The first-order valence-electron chi connectivity index (χ1n) is 8.20. The first-order chi connectivity index (χ1) is 12.1. The zero-order valence-corrected chi connectivity index (χ0v) is 14.2. The number of fused-ring (bicyclic) bond motifs is 3. The van der Waals surface area contributed by atoms with Gasteiger partial charge in [0.1, 0.15) is 5.76 Å². The molecular weight excluding hydrogens is 322 g/mol. The highest BCUT2D eigenvalue weighted by Gasteiger charge is 2.28. The Kier molecular flexibility index (Phi) is 3.60.